The molecule has 4 amide bonds. The van der Waals surface area contributed by atoms with E-state index in [1.165, 1.54) is 4.90 Å². The molecule has 1 aliphatic carbocycles. The van der Waals surface area contributed by atoms with Crippen LogP contribution in [0.4, 0.5) is 21.8 Å². The van der Waals surface area contributed by atoms with Crippen molar-refractivity contribution in [2.24, 2.45) is 5.73 Å². The molecule has 1 saturated carbocycles. The van der Waals surface area contributed by atoms with Gasteiger partial charge in [-0.2, -0.15) is 4.98 Å². The normalized spacial score (nSPS) is 22.4. The minimum Gasteiger partial charge on any atom is -0.478 e. The van der Waals surface area contributed by atoms with Gasteiger partial charge in [-0.3, -0.25) is 34.2 Å². The predicted molar refractivity (Wildman–Crippen MR) is 233 cm³/mol. The standard InChI is InChI=1S/C45H51ClFN9O7/c1-24(2)56-35-10-5-27(17-26(35)18-37(44(56)61)62-23-38(48)57)50-41-34(46)19-49-45(52-41)53-15-13-29(14-16-53)63-30-20-54(21-30)28-6-3-25(4-7-28)31-8-9-32-33(40(31)47)22-55(43(32)60)36-11-12-39(58)51-42(36)59/h5,8-10,17-19,24-25,28-30,36H,3-4,6-7,11-16,20-23H2,1-2H3,(H2,48,57)(H,49,50,52)(H,51,58,59)/t25-,28-,36?. The summed E-state index contributed by atoms with van der Waals surface area (Å²) in [5.74, 6) is -1.12. The van der Waals surface area contributed by atoms with E-state index in [9.17, 15) is 24.0 Å². The van der Waals surface area contributed by atoms with Crippen molar-refractivity contribution < 1.29 is 33.0 Å². The first kappa shape index (κ1) is 42.6. The van der Waals surface area contributed by atoms with Crippen LogP contribution < -0.4 is 31.6 Å². The molecule has 332 valence electrons. The minimum atomic E-state index is -0.769. The molecule has 4 N–H and O–H groups in total. The molecule has 3 saturated heterocycles. The molecular weight excluding hydrogens is 833 g/mol. The second-order valence-corrected chi connectivity index (χ2v) is 18.0. The fraction of sp³-hybridized carbons (Fsp3) is 0.489. The number of halogens is 2. The summed E-state index contributed by atoms with van der Waals surface area (Å²) >= 11 is 6.57. The number of amides is 4. The fourth-order valence-corrected chi connectivity index (χ4v) is 10.0. The summed E-state index contributed by atoms with van der Waals surface area (Å²) in [5.41, 5.74) is 7.61. The third kappa shape index (κ3) is 8.57. The van der Waals surface area contributed by atoms with Gasteiger partial charge in [-0.05, 0) is 101 Å². The SMILES string of the molecule is CC(C)n1c(=O)c(OCC(N)=O)cc2cc(Nc3nc(N4CCC(OC5CN([C@H]6CC[C@H](c7ccc8c(c7F)CN(C7CCC(=O)NC7=O)C8=O)CC6)C5)CC4)ncc3Cl)ccc21. The Hall–Kier alpha value is -5.65. The zero-order valence-electron chi connectivity index (χ0n) is 35.3. The molecule has 1 unspecified atom stereocenters. The highest BCUT2D eigenvalue weighted by molar-refractivity contribution is 6.33. The minimum absolute atomic E-state index is 0.0341. The second kappa shape index (κ2) is 17.5. The number of carbonyl (C=O) groups excluding carboxylic acids is 4. The number of anilines is 3. The van der Waals surface area contributed by atoms with Gasteiger partial charge < -0.3 is 34.9 Å². The molecule has 6 heterocycles. The first-order valence-corrected chi connectivity index (χ1v) is 22.2. The van der Waals surface area contributed by atoms with Gasteiger partial charge in [-0.25, -0.2) is 9.37 Å². The maximum absolute atomic E-state index is 16.0. The van der Waals surface area contributed by atoms with Crippen molar-refractivity contribution in [2.75, 3.05) is 43.0 Å². The van der Waals surface area contributed by atoms with Gasteiger partial charge in [0.25, 0.3) is 17.4 Å². The molecule has 0 radical (unpaired) electrons. The Kier molecular flexibility index (Phi) is 11.8. The van der Waals surface area contributed by atoms with Crippen LogP contribution in [0.2, 0.25) is 5.02 Å². The second-order valence-electron chi connectivity index (χ2n) is 17.6. The van der Waals surface area contributed by atoms with E-state index >= 15 is 4.39 Å². The molecule has 2 aromatic heterocycles. The van der Waals surface area contributed by atoms with Crippen LogP contribution in [0, 0.1) is 5.82 Å². The van der Waals surface area contributed by atoms with E-state index in [0.717, 1.165) is 64.7 Å². The summed E-state index contributed by atoms with van der Waals surface area (Å²) in [5, 5.41) is 6.68. The van der Waals surface area contributed by atoms with Gasteiger partial charge in [0.05, 0.1) is 30.5 Å². The maximum Gasteiger partial charge on any atom is 0.293 e. The predicted octanol–water partition coefficient (Wildman–Crippen LogP) is 4.93. The van der Waals surface area contributed by atoms with Crippen molar-refractivity contribution in [1.82, 2.24) is 29.7 Å². The molecule has 0 bridgehead atoms. The van der Waals surface area contributed by atoms with Gasteiger partial charge in [-0.1, -0.05) is 17.7 Å². The van der Waals surface area contributed by atoms with Crippen LogP contribution in [0.25, 0.3) is 10.9 Å². The molecule has 4 aliphatic heterocycles. The lowest BCUT2D eigenvalue weighted by Crippen LogP contribution is -2.58. The Labute approximate surface area is 368 Å². The number of imide groups is 1. The molecule has 4 aromatic rings. The number of likely N-dealkylation sites (tertiary alicyclic amines) is 1. The van der Waals surface area contributed by atoms with Crippen molar-refractivity contribution in [3.05, 3.63) is 80.5 Å². The van der Waals surface area contributed by atoms with Crippen molar-refractivity contribution in [3.8, 4) is 5.75 Å². The monoisotopic (exact) mass is 883 g/mol. The highest BCUT2D eigenvalue weighted by Crippen LogP contribution is 2.41. The number of fused-ring (bicyclic) bond motifs is 2. The van der Waals surface area contributed by atoms with Crippen LogP contribution >= 0.6 is 11.6 Å². The number of aromatic nitrogens is 3. The maximum atomic E-state index is 16.0. The largest absolute Gasteiger partial charge is 0.478 e. The number of nitrogens with one attached hydrogen (secondary N) is 2. The van der Waals surface area contributed by atoms with Crippen LogP contribution in [0.5, 0.6) is 5.75 Å². The smallest absolute Gasteiger partial charge is 0.293 e. The third-order valence-corrected chi connectivity index (χ3v) is 13.5. The summed E-state index contributed by atoms with van der Waals surface area (Å²) in [4.78, 5) is 77.1. The number of ether oxygens (including phenoxy) is 2. The zero-order chi connectivity index (χ0) is 44.1. The number of rotatable bonds is 12. The van der Waals surface area contributed by atoms with Gasteiger partial charge in [0.15, 0.2) is 18.2 Å². The van der Waals surface area contributed by atoms with Crippen LogP contribution in [-0.4, -0.2) is 105 Å². The van der Waals surface area contributed by atoms with Crippen LogP contribution in [0.15, 0.2) is 47.4 Å². The van der Waals surface area contributed by atoms with Gasteiger partial charge >= 0.3 is 0 Å². The van der Waals surface area contributed by atoms with E-state index in [1.807, 2.05) is 32.0 Å². The number of piperidine rings is 2. The van der Waals surface area contributed by atoms with Gasteiger partial charge in [0.2, 0.25) is 17.8 Å². The number of pyridine rings is 1. The van der Waals surface area contributed by atoms with Crippen molar-refractivity contribution in [2.45, 2.75) is 108 Å². The lowest BCUT2D eigenvalue weighted by molar-refractivity contribution is -0.137. The van der Waals surface area contributed by atoms with E-state index in [0.29, 0.717) is 56.1 Å². The summed E-state index contributed by atoms with van der Waals surface area (Å²) in [6.45, 7) is 6.64. The molecule has 1 atom stereocenters. The Morgan fingerprint density at radius 1 is 1.00 bits per heavy atom. The number of hydrogen-bond donors (Lipinski definition) is 3. The fourth-order valence-electron chi connectivity index (χ4n) is 9.91. The summed E-state index contributed by atoms with van der Waals surface area (Å²) in [6, 6.07) is 10.1. The number of benzene rings is 2. The van der Waals surface area contributed by atoms with Crippen LogP contribution in [0.1, 0.15) is 98.7 Å². The van der Waals surface area contributed by atoms with Gasteiger partial charge in [-0.15, -0.1) is 0 Å². The Morgan fingerprint density at radius 3 is 2.48 bits per heavy atom. The zero-order valence-corrected chi connectivity index (χ0v) is 36.0. The van der Waals surface area contributed by atoms with Gasteiger partial charge in [0, 0.05) is 66.9 Å². The summed E-state index contributed by atoms with van der Waals surface area (Å²) < 4.78 is 29.6. The molecule has 16 nitrogen and oxygen atoms in total. The average Bonchev–Trinajstić information content (AvgIpc) is 3.58. The summed E-state index contributed by atoms with van der Waals surface area (Å²) in [7, 11) is 0. The highest BCUT2D eigenvalue weighted by atomic mass is 35.5. The first-order valence-electron chi connectivity index (χ1n) is 21.8. The molecule has 9 rings (SSSR count). The van der Waals surface area contributed by atoms with Crippen LogP contribution in [-0.2, 0) is 25.7 Å². The summed E-state index contributed by atoms with van der Waals surface area (Å²) in [6.07, 6.45) is 7.59. The molecule has 18 heteroatoms. The Bertz CT molecular complexity index is 2530. The van der Waals surface area contributed by atoms with E-state index < -0.39 is 24.5 Å². The molecule has 63 heavy (non-hydrogen) atoms. The van der Waals surface area contributed by atoms with Crippen molar-refractivity contribution >= 4 is 63.6 Å². The Morgan fingerprint density at radius 2 is 1.76 bits per heavy atom. The number of nitrogens with two attached hydrogens (primary N) is 1. The Balaban J connectivity index is 0.746. The number of primary amides is 1. The van der Waals surface area contributed by atoms with E-state index in [4.69, 9.17) is 31.8 Å². The molecule has 4 fully saturated rings. The van der Waals surface area contributed by atoms with E-state index in [2.05, 4.69) is 25.4 Å². The number of carbonyl (C=O) groups is 4. The lowest BCUT2D eigenvalue weighted by atomic mass is 9.79. The topological polar surface area (TPSA) is 194 Å². The molecular formula is C45H51ClFN9O7. The number of nitrogens with zero attached hydrogens (tertiary/aromatic N) is 6. The van der Waals surface area contributed by atoms with Crippen molar-refractivity contribution in [1.29, 1.82) is 0 Å². The molecule has 0 spiro atoms. The molecule has 2 aromatic carbocycles. The van der Waals surface area contributed by atoms with Gasteiger partial charge in [0.1, 0.15) is 16.9 Å². The highest BCUT2D eigenvalue weighted by Gasteiger charge is 2.42. The van der Waals surface area contributed by atoms with E-state index in [1.54, 1.807) is 29.0 Å². The third-order valence-electron chi connectivity index (χ3n) is 13.2. The molecule has 5 aliphatic rings. The first-order chi connectivity index (χ1) is 30.3. The lowest BCUT2D eigenvalue weighted by Gasteiger charge is -2.47. The van der Waals surface area contributed by atoms with E-state index in [-0.39, 0.29) is 72.5 Å². The number of hydrogen-bond acceptors (Lipinski definition) is 12. The van der Waals surface area contributed by atoms with Crippen molar-refractivity contribution in [3.63, 3.8) is 0 Å². The average molecular weight is 884 g/mol. The quantitative estimate of drug-likeness (QED) is 0.163. The van der Waals surface area contributed by atoms with Crippen LogP contribution in [0.3, 0.4) is 0 Å².